The highest BCUT2D eigenvalue weighted by molar-refractivity contribution is 7.16. The van der Waals surface area contributed by atoms with Gasteiger partial charge in [-0.2, -0.15) is 0 Å². The highest BCUT2D eigenvalue weighted by Gasteiger charge is 2.22. The Bertz CT molecular complexity index is 512. The van der Waals surface area contributed by atoms with Crippen molar-refractivity contribution < 1.29 is 9.59 Å². The number of piperidine rings is 1. The number of amides is 3. The fraction of sp³-hybridized carbons (Fsp3) is 0.571. The van der Waals surface area contributed by atoms with E-state index in [0.29, 0.717) is 13.1 Å². The summed E-state index contributed by atoms with van der Waals surface area (Å²) >= 11 is 7.36. The molecule has 0 aliphatic carbocycles. The molecule has 1 fully saturated rings. The average molecular weight is 330 g/mol. The summed E-state index contributed by atoms with van der Waals surface area (Å²) in [4.78, 5) is 26.1. The quantitative estimate of drug-likeness (QED) is 0.895. The van der Waals surface area contributed by atoms with Crippen LogP contribution in [0, 0.1) is 0 Å². The van der Waals surface area contributed by atoms with E-state index in [0.717, 1.165) is 22.1 Å². The van der Waals surface area contributed by atoms with E-state index in [4.69, 9.17) is 11.6 Å². The fourth-order valence-corrected chi connectivity index (χ4v) is 3.46. The van der Waals surface area contributed by atoms with Gasteiger partial charge in [0, 0.05) is 30.9 Å². The molecule has 1 aromatic rings. The number of carbonyl (C=O) groups is 2. The van der Waals surface area contributed by atoms with Crippen molar-refractivity contribution in [1.82, 2.24) is 15.5 Å². The zero-order chi connectivity index (χ0) is 15.4. The van der Waals surface area contributed by atoms with Crippen LogP contribution in [0.1, 0.15) is 37.6 Å². The minimum atomic E-state index is -0.173. The van der Waals surface area contributed by atoms with Gasteiger partial charge in [0.2, 0.25) is 5.91 Å². The zero-order valence-corrected chi connectivity index (χ0v) is 13.8. The third kappa shape index (κ3) is 4.61. The molecule has 0 unspecified atom stereocenters. The Labute approximate surface area is 133 Å². The van der Waals surface area contributed by atoms with Gasteiger partial charge < -0.3 is 15.5 Å². The molecule has 1 saturated heterocycles. The summed E-state index contributed by atoms with van der Waals surface area (Å²) in [5.74, 6) is 0.0982. The Morgan fingerprint density at radius 2 is 2.05 bits per heavy atom. The summed E-state index contributed by atoms with van der Waals surface area (Å²) in [6, 6.07) is 3.63. The van der Waals surface area contributed by atoms with Crippen LogP contribution in [0.2, 0.25) is 4.34 Å². The molecule has 7 heteroatoms. The van der Waals surface area contributed by atoms with Crippen LogP contribution >= 0.6 is 22.9 Å². The first-order chi connectivity index (χ1) is 9.95. The van der Waals surface area contributed by atoms with Gasteiger partial charge in [-0.25, -0.2) is 4.79 Å². The molecule has 2 heterocycles. The molecule has 116 valence electrons. The standard InChI is InChI=1S/C14H20ClN3O2S/c1-9(12-3-4-13(15)21-12)16-14(20)17-11-5-7-18(8-6-11)10(2)19/h3-4,9,11H,5-8H2,1-2H3,(H2,16,17,20)/t9-/m0/s1. The zero-order valence-electron chi connectivity index (χ0n) is 12.2. The molecule has 1 aliphatic heterocycles. The number of rotatable bonds is 3. The van der Waals surface area contributed by atoms with Gasteiger partial charge in [-0.05, 0) is 31.9 Å². The van der Waals surface area contributed by atoms with Gasteiger partial charge in [0.25, 0.3) is 0 Å². The molecular formula is C14H20ClN3O2S. The maximum absolute atomic E-state index is 12.0. The van der Waals surface area contributed by atoms with Crippen LogP contribution in [0.25, 0.3) is 0 Å². The second-order valence-corrected chi connectivity index (χ2v) is 7.01. The maximum atomic E-state index is 12.0. The summed E-state index contributed by atoms with van der Waals surface area (Å²) in [5.41, 5.74) is 0. The smallest absolute Gasteiger partial charge is 0.315 e. The van der Waals surface area contributed by atoms with Crippen molar-refractivity contribution in [3.63, 3.8) is 0 Å². The van der Waals surface area contributed by atoms with Crippen LogP contribution in [0.15, 0.2) is 12.1 Å². The summed E-state index contributed by atoms with van der Waals surface area (Å²) in [5, 5.41) is 5.88. The largest absolute Gasteiger partial charge is 0.343 e. The Kier molecular flexibility index (Phi) is 5.47. The molecule has 0 radical (unpaired) electrons. The lowest BCUT2D eigenvalue weighted by atomic mass is 10.1. The topological polar surface area (TPSA) is 61.4 Å². The molecule has 1 atom stereocenters. The molecule has 0 saturated carbocycles. The normalized spacial score (nSPS) is 17.4. The maximum Gasteiger partial charge on any atom is 0.315 e. The first kappa shape index (κ1) is 16.1. The third-order valence-electron chi connectivity index (χ3n) is 3.64. The molecule has 5 nitrogen and oxygen atoms in total. The van der Waals surface area contributed by atoms with Crippen molar-refractivity contribution in [3.8, 4) is 0 Å². The number of halogens is 1. The van der Waals surface area contributed by atoms with Gasteiger partial charge in [0.1, 0.15) is 0 Å². The van der Waals surface area contributed by atoms with E-state index >= 15 is 0 Å². The van der Waals surface area contributed by atoms with E-state index < -0.39 is 0 Å². The highest BCUT2D eigenvalue weighted by Crippen LogP contribution is 2.26. The Morgan fingerprint density at radius 3 is 2.57 bits per heavy atom. The van der Waals surface area contributed by atoms with Gasteiger partial charge in [0.15, 0.2) is 0 Å². The van der Waals surface area contributed by atoms with Crippen LogP contribution in [-0.2, 0) is 4.79 Å². The van der Waals surface area contributed by atoms with E-state index in [1.54, 1.807) is 6.92 Å². The molecule has 0 bridgehead atoms. The number of nitrogens with one attached hydrogen (secondary N) is 2. The van der Waals surface area contributed by atoms with Gasteiger partial charge in [-0.3, -0.25) is 4.79 Å². The lowest BCUT2D eigenvalue weighted by Gasteiger charge is -2.31. The van der Waals surface area contributed by atoms with E-state index in [9.17, 15) is 9.59 Å². The number of urea groups is 1. The predicted molar refractivity (Wildman–Crippen MR) is 84.7 cm³/mol. The lowest BCUT2D eigenvalue weighted by molar-refractivity contribution is -0.129. The first-order valence-electron chi connectivity index (χ1n) is 7.03. The number of nitrogens with zero attached hydrogens (tertiary/aromatic N) is 1. The first-order valence-corrected chi connectivity index (χ1v) is 8.23. The van der Waals surface area contributed by atoms with E-state index in [1.165, 1.54) is 11.3 Å². The summed E-state index contributed by atoms with van der Waals surface area (Å²) in [6.45, 7) is 4.92. The third-order valence-corrected chi connectivity index (χ3v) is 5.06. The molecule has 0 spiro atoms. The SMILES string of the molecule is CC(=O)N1CCC(NC(=O)N[C@@H](C)c2ccc(Cl)s2)CC1. The number of likely N-dealkylation sites (tertiary alicyclic amines) is 1. The lowest BCUT2D eigenvalue weighted by Crippen LogP contribution is -2.49. The highest BCUT2D eigenvalue weighted by atomic mass is 35.5. The summed E-state index contributed by atoms with van der Waals surface area (Å²) in [6.07, 6.45) is 1.60. The Morgan fingerprint density at radius 1 is 1.38 bits per heavy atom. The molecule has 1 aromatic heterocycles. The van der Waals surface area contributed by atoms with Crippen LogP contribution < -0.4 is 10.6 Å². The van der Waals surface area contributed by atoms with Crippen molar-refractivity contribution in [2.45, 2.75) is 38.8 Å². The molecular weight excluding hydrogens is 310 g/mol. The monoisotopic (exact) mass is 329 g/mol. The minimum Gasteiger partial charge on any atom is -0.343 e. The van der Waals surface area contributed by atoms with Crippen molar-refractivity contribution in [2.75, 3.05) is 13.1 Å². The number of thiophene rings is 1. The van der Waals surface area contributed by atoms with Gasteiger partial charge in [-0.15, -0.1) is 11.3 Å². The van der Waals surface area contributed by atoms with Gasteiger partial charge in [0.05, 0.1) is 10.4 Å². The van der Waals surface area contributed by atoms with Crippen LogP contribution in [-0.4, -0.2) is 36.0 Å². The molecule has 0 aromatic carbocycles. The molecule has 1 aliphatic rings. The molecule has 2 rings (SSSR count). The van der Waals surface area contributed by atoms with Gasteiger partial charge in [-0.1, -0.05) is 11.6 Å². The number of hydrogen-bond donors (Lipinski definition) is 2. The second-order valence-electron chi connectivity index (χ2n) is 5.26. The van der Waals surface area contributed by atoms with Crippen molar-refractivity contribution >= 4 is 34.9 Å². The fourth-order valence-electron chi connectivity index (χ4n) is 2.39. The van der Waals surface area contributed by atoms with E-state index in [-0.39, 0.29) is 24.0 Å². The van der Waals surface area contributed by atoms with Crippen molar-refractivity contribution in [3.05, 3.63) is 21.3 Å². The molecule has 21 heavy (non-hydrogen) atoms. The summed E-state index contributed by atoms with van der Waals surface area (Å²) < 4.78 is 0.718. The number of carbonyl (C=O) groups excluding carboxylic acids is 2. The van der Waals surface area contributed by atoms with Crippen molar-refractivity contribution in [1.29, 1.82) is 0 Å². The Hall–Kier alpha value is -1.27. The second kappa shape index (κ2) is 7.13. The average Bonchev–Trinajstić information content (AvgIpc) is 2.86. The minimum absolute atomic E-state index is 0.0696. The van der Waals surface area contributed by atoms with Crippen LogP contribution in [0.4, 0.5) is 4.79 Å². The van der Waals surface area contributed by atoms with Crippen LogP contribution in [0.5, 0.6) is 0 Å². The van der Waals surface area contributed by atoms with E-state index in [1.807, 2.05) is 24.0 Å². The summed E-state index contributed by atoms with van der Waals surface area (Å²) in [7, 11) is 0. The predicted octanol–water partition coefficient (Wildman–Crippen LogP) is 2.77. The van der Waals surface area contributed by atoms with Crippen LogP contribution in [0.3, 0.4) is 0 Å². The van der Waals surface area contributed by atoms with E-state index in [2.05, 4.69) is 10.6 Å². The van der Waals surface area contributed by atoms with Crippen molar-refractivity contribution in [2.24, 2.45) is 0 Å². The van der Waals surface area contributed by atoms with Gasteiger partial charge >= 0.3 is 6.03 Å². The number of hydrogen-bond acceptors (Lipinski definition) is 3. The molecule has 3 amide bonds. The molecule has 2 N–H and O–H groups in total. The Balaban J connectivity index is 1.76.